The van der Waals surface area contributed by atoms with Gasteiger partial charge in [-0.3, -0.25) is 48.1 Å². The van der Waals surface area contributed by atoms with E-state index in [1.807, 2.05) is 13.8 Å². The van der Waals surface area contributed by atoms with Crippen molar-refractivity contribution in [2.24, 2.45) is 39.8 Å². The van der Waals surface area contributed by atoms with Gasteiger partial charge in [-0.05, 0) is 83.5 Å². The lowest BCUT2D eigenvalue weighted by molar-refractivity contribution is -0.148. The van der Waals surface area contributed by atoms with E-state index in [9.17, 15) is 63.3 Å². The quantitative estimate of drug-likeness (QED) is 0.0199. The van der Waals surface area contributed by atoms with Crippen molar-refractivity contribution in [2.75, 3.05) is 26.2 Å². The van der Waals surface area contributed by atoms with Gasteiger partial charge < -0.3 is 80.0 Å². The Hall–Kier alpha value is -6.15. The maximum Gasteiger partial charge on any atom is 0.326 e. The van der Waals surface area contributed by atoms with Crippen LogP contribution in [0.3, 0.4) is 0 Å². The molecule has 0 bridgehead atoms. The summed E-state index contributed by atoms with van der Waals surface area (Å²) in [6.45, 7) is 9.31. The van der Waals surface area contributed by atoms with Crippen LogP contribution in [0.1, 0.15) is 106 Å². The summed E-state index contributed by atoms with van der Waals surface area (Å²) in [7, 11) is 0. The maximum absolute atomic E-state index is 14.3. The van der Waals surface area contributed by atoms with E-state index in [-0.39, 0.29) is 88.8 Å². The molecule has 17 N–H and O–H groups in total. The minimum atomic E-state index is -1.51. The molecule has 0 spiro atoms. The van der Waals surface area contributed by atoms with E-state index in [1.165, 1.54) is 23.6 Å². The van der Waals surface area contributed by atoms with E-state index in [0.29, 0.717) is 12.8 Å². The van der Waals surface area contributed by atoms with E-state index in [4.69, 9.17) is 22.9 Å². The zero-order valence-electron chi connectivity index (χ0n) is 40.4. The van der Waals surface area contributed by atoms with Gasteiger partial charge >= 0.3 is 5.97 Å². The lowest BCUT2D eigenvalue weighted by atomic mass is 10.0. The van der Waals surface area contributed by atoms with E-state index in [1.54, 1.807) is 13.8 Å². The fourth-order valence-corrected chi connectivity index (χ4v) is 7.86. The van der Waals surface area contributed by atoms with E-state index in [2.05, 4.69) is 36.9 Å². The van der Waals surface area contributed by atoms with Gasteiger partial charge in [0.1, 0.15) is 54.4 Å². The molecule has 0 aromatic rings. The Morgan fingerprint density at radius 1 is 0.638 bits per heavy atom. The van der Waals surface area contributed by atoms with Gasteiger partial charge in [0.15, 0.2) is 5.96 Å². The second-order valence-corrected chi connectivity index (χ2v) is 18.4. The molecule has 2 heterocycles. The monoisotopic (exact) mass is 982 g/mol. The van der Waals surface area contributed by atoms with E-state index in [0.717, 1.165) is 0 Å². The van der Waals surface area contributed by atoms with Crippen LogP contribution in [0.2, 0.25) is 0 Å². The highest BCUT2D eigenvalue weighted by atomic mass is 16.4. The predicted octanol–water partition coefficient (Wildman–Crippen LogP) is -4.91. The first kappa shape index (κ1) is 59.0. The Kier molecular flexibility index (Phi) is 24.2. The molecule has 0 aromatic carbocycles. The van der Waals surface area contributed by atoms with Crippen LogP contribution < -0.4 is 54.8 Å². The number of aliphatic hydroxyl groups is 2. The van der Waals surface area contributed by atoms with Gasteiger partial charge in [0.25, 0.3) is 0 Å². The van der Waals surface area contributed by atoms with Crippen molar-refractivity contribution in [3.63, 3.8) is 0 Å². The first-order chi connectivity index (χ1) is 32.3. The number of likely N-dealkylation sites (tertiary alicyclic amines) is 2. The van der Waals surface area contributed by atoms with E-state index < -0.39 is 126 Å². The molecule has 2 saturated heterocycles. The standard InChI is InChI=1S/C43H75N13O13/c1-21(2)18-27(36(62)51-26(42(68)69)13-14-32(44)59)52-34(60)23(5)49-35(61)25(10-7-15-48-43(46)47)50-38(64)30-11-8-16-55(30)41(67)31-12-9-17-56(31)40(66)28(19-22(3)4)53-37(63)29(20-57)54-39(65)33(45)24(6)58/h21-31,33,57-58H,7-20,45H2,1-6H3,(H2,44,59)(H,49,61)(H,50,64)(H,51,62)(H,52,60)(H,53,63)(H,54,65)(H,68,69)(H4,46,47,48)/t23-,24+,25-,26-,27-,28-,29-,30-,31-,33-/m0/s1. The summed E-state index contributed by atoms with van der Waals surface area (Å²) in [4.78, 5) is 138. The first-order valence-corrected chi connectivity index (χ1v) is 23.3. The van der Waals surface area contributed by atoms with Crippen molar-refractivity contribution in [1.29, 1.82) is 0 Å². The predicted molar refractivity (Wildman–Crippen MR) is 248 cm³/mol. The Balaban J connectivity index is 2.27. The highest BCUT2D eigenvalue weighted by molar-refractivity contribution is 5.98. The Morgan fingerprint density at radius 3 is 1.71 bits per heavy atom. The molecule has 2 fully saturated rings. The molecule has 0 aromatic heterocycles. The van der Waals surface area contributed by atoms with Crippen LogP contribution in [0, 0.1) is 11.8 Å². The molecule has 0 saturated carbocycles. The molecule has 10 atom stereocenters. The van der Waals surface area contributed by atoms with Crippen LogP contribution in [-0.2, 0) is 47.9 Å². The second kappa shape index (κ2) is 28.4. The van der Waals surface area contributed by atoms with Gasteiger partial charge in [-0.25, -0.2) is 4.79 Å². The highest BCUT2D eigenvalue weighted by Gasteiger charge is 2.44. The number of carboxylic acids is 1. The number of aliphatic carboxylic acids is 1. The van der Waals surface area contributed by atoms with Crippen LogP contribution in [0.4, 0.5) is 0 Å². The number of hydrogen-bond donors (Lipinski definition) is 13. The Labute approximate surface area is 401 Å². The van der Waals surface area contributed by atoms with Gasteiger partial charge in [-0.1, -0.05) is 27.7 Å². The van der Waals surface area contributed by atoms with Crippen molar-refractivity contribution in [2.45, 2.75) is 166 Å². The molecule has 0 unspecified atom stereocenters. The fraction of sp³-hybridized carbons (Fsp3) is 0.744. The number of amides is 9. The Bertz CT molecular complexity index is 1860. The van der Waals surface area contributed by atoms with E-state index >= 15 is 0 Å². The lowest BCUT2D eigenvalue weighted by Crippen LogP contribution is -2.60. The number of aliphatic imine (C=N–C) groups is 1. The molecule has 2 aliphatic rings. The molecular weight excluding hydrogens is 907 g/mol. The molecule has 0 aliphatic carbocycles. The van der Waals surface area contributed by atoms with Crippen molar-refractivity contribution < 1.29 is 63.3 Å². The van der Waals surface area contributed by atoms with Crippen LogP contribution in [0.5, 0.6) is 0 Å². The number of carbonyl (C=O) groups excluding carboxylic acids is 9. The van der Waals surface area contributed by atoms with Crippen LogP contribution >= 0.6 is 0 Å². The topological polar surface area (TPSA) is 426 Å². The van der Waals surface area contributed by atoms with Gasteiger partial charge in [0.05, 0.1) is 12.7 Å². The number of rotatable bonds is 28. The number of carboxylic acid groups (broad SMARTS) is 1. The van der Waals surface area contributed by atoms with Crippen LogP contribution in [0.25, 0.3) is 0 Å². The summed E-state index contributed by atoms with van der Waals surface area (Å²) in [5, 5.41) is 44.2. The third kappa shape index (κ3) is 19.0. The molecule has 2 aliphatic heterocycles. The second-order valence-electron chi connectivity index (χ2n) is 18.4. The zero-order chi connectivity index (χ0) is 52.3. The number of nitrogens with two attached hydrogens (primary N) is 4. The number of nitrogens with zero attached hydrogens (tertiary/aromatic N) is 3. The number of carbonyl (C=O) groups is 10. The molecular formula is C43H75N13O13. The molecule has 69 heavy (non-hydrogen) atoms. The lowest BCUT2D eigenvalue weighted by Gasteiger charge is -2.34. The number of nitrogens with one attached hydrogen (secondary N) is 6. The zero-order valence-corrected chi connectivity index (χ0v) is 40.4. The number of primary amides is 1. The third-order valence-corrected chi connectivity index (χ3v) is 11.6. The molecule has 2 rings (SSSR count). The fourth-order valence-electron chi connectivity index (χ4n) is 7.86. The summed E-state index contributed by atoms with van der Waals surface area (Å²) < 4.78 is 0. The summed E-state index contributed by atoms with van der Waals surface area (Å²) in [5.41, 5.74) is 21.8. The molecule has 9 amide bonds. The largest absolute Gasteiger partial charge is 0.480 e. The van der Waals surface area contributed by atoms with Gasteiger partial charge in [0.2, 0.25) is 53.2 Å². The summed E-state index contributed by atoms with van der Waals surface area (Å²) in [6, 6.07) is -11.4. The molecule has 0 radical (unpaired) electrons. The average molecular weight is 982 g/mol. The third-order valence-electron chi connectivity index (χ3n) is 11.6. The van der Waals surface area contributed by atoms with Crippen LogP contribution in [-0.4, -0.2) is 177 Å². The summed E-state index contributed by atoms with van der Waals surface area (Å²) >= 11 is 0. The van der Waals surface area contributed by atoms with Crippen molar-refractivity contribution >= 4 is 65.1 Å². The molecule has 26 heteroatoms. The molecule has 26 nitrogen and oxygen atoms in total. The van der Waals surface area contributed by atoms with Crippen molar-refractivity contribution in [3.8, 4) is 0 Å². The maximum atomic E-state index is 14.3. The highest BCUT2D eigenvalue weighted by Crippen LogP contribution is 2.27. The average Bonchev–Trinajstić information content (AvgIpc) is 3.97. The normalized spacial score (nSPS) is 19.2. The molecule has 390 valence electrons. The van der Waals surface area contributed by atoms with Crippen molar-refractivity contribution in [1.82, 2.24) is 41.7 Å². The minimum absolute atomic E-state index is 0.0222. The number of hydrogen-bond acceptors (Lipinski definition) is 14. The minimum Gasteiger partial charge on any atom is -0.480 e. The van der Waals surface area contributed by atoms with Gasteiger partial charge in [-0.2, -0.15) is 0 Å². The number of aliphatic hydroxyl groups excluding tert-OH is 2. The summed E-state index contributed by atoms with van der Waals surface area (Å²) in [5.74, 6) is -8.73. The Morgan fingerprint density at radius 2 is 1.16 bits per heavy atom. The summed E-state index contributed by atoms with van der Waals surface area (Å²) in [6.07, 6.45) is -0.186. The number of guanidine groups is 1. The smallest absolute Gasteiger partial charge is 0.326 e. The van der Waals surface area contributed by atoms with Crippen LogP contribution in [0.15, 0.2) is 4.99 Å². The van der Waals surface area contributed by atoms with Gasteiger partial charge in [0, 0.05) is 26.1 Å². The first-order valence-electron chi connectivity index (χ1n) is 23.3. The van der Waals surface area contributed by atoms with Gasteiger partial charge in [-0.15, -0.1) is 0 Å². The SMILES string of the molecule is CC(C)C[C@H](NC(=O)[C@H](C)NC(=O)[C@H](CCCN=C(N)N)NC(=O)[C@@H]1CCCN1C(=O)[C@@H]1CCCN1C(=O)[C@H](CC(C)C)NC(=O)[C@H](CO)NC(=O)[C@@H](N)[C@@H](C)O)C(=O)N[C@@H](CCC(N)=O)C(=O)O. The van der Waals surface area contributed by atoms with Crippen molar-refractivity contribution in [3.05, 3.63) is 0 Å².